The zero-order chi connectivity index (χ0) is 21.8. The van der Waals surface area contributed by atoms with E-state index < -0.39 is 0 Å². The van der Waals surface area contributed by atoms with Crippen LogP contribution < -0.4 is 0 Å². The Kier molecular flexibility index (Phi) is 7.11. The largest absolute Gasteiger partial charge is 0.180 e. The molecular formula is C32H21+. The SMILES string of the molecule is C(=C=C1C=CCC=C1)=C=C(C(=[C+]C#Cc1ccccc1)c1ccccc1)c1ccccc1. The second kappa shape index (κ2) is 11.0. The molecule has 0 atom stereocenters. The average Bonchev–Trinajstić information content (AvgIpc) is 2.87. The van der Waals surface area contributed by atoms with Crippen LogP contribution in [0, 0.1) is 17.9 Å². The summed E-state index contributed by atoms with van der Waals surface area (Å²) in [5.74, 6) is 6.29. The van der Waals surface area contributed by atoms with Crippen LogP contribution in [0.1, 0.15) is 23.1 Å². The summed E-state index contributed by atoms with van der Waals surface area (Å²) < 4.78 is 0. The average molecular weight is 406 g/mol. The Morgan fingerprint density at radius 3 is 1.94 bits per heavy atom. The predicted molar refractivity (Wildman–Crippen MR) is 133 cm³/mol. The Hall–Kier alpha value is -4.57. The molecule has 0 heteroatoms. The van der Waals surface area contributed by atoms with Gasteiger partial charge < -0.3 is 0 Å². The van der Waals surface area contributed by atoms with E-state index in [4.69, 9.17) is 0 Å². The van der Waals surface area contributed by atoms with Crippen LogP contribution in [0.5, 0.6) is 0 Å². The predicted octanol–water partition coefficient (Wildman–Crippen LogP) is 7.36. The van der Waals surface area contributed by atoms with Crippen LogP contribution in [0.15, 0.2) is 138 Å². The van der Waals surface area contributed by atoms with Gasteiger partial charge in [0.05, 0.1) is 23.1 Å². The van der Waals surface area contributed by atoms with Gasteiger partial charge in [-0.1, -0.05) is 84.6 Å². The summed E-state index contributed by atoms with van der Waals surface area (Å²) in [5.41, 5.74) is 15.4. The molecule has 0 N–H and O–H groups in total. The minimum Gasteiger partial charge on any atom is -0.0795 e. The molecule has 0 aromatic heterocycles. The second-order valence-electron chi connectivity index (χ2n) is 7.09. The number of allylic oxidation sites excluding steroid dienone is 8. The van der Waals surface area contributed by atoms with Crippen LogP contribution >= 0.6 is 0 Å². The standard InChI is InChI=1S/C32H21/c1-5-15-27(16-6-1)19-13-25-31(29-21-9-3-10-22-29)32(30-23-11-4-12-24-30)26-14-20-28-17-7-2-8-18-28/h1,3-12,15-18,21-24H,2H2/q+1. The molecule has 0 saturated heterocycles. The molecule has 0 nitrogen and oxygen atoms in total. The molecule has 148 valence electrons. The van der Waals surface area contributed by atoms with E-state index in [9.17, 15) is 0 Å². The quantitative estimate of drug-likeness (QED) is 0.185. The summed E-state index contributed by atoms with van der Waals surface area (Å²) >= 11 is 0. The maximum atomic E-state index is 3.33. The van der Waals surface area contributed by atoms with Crippen LogP contribution in [-0.2, 0) is 0 Å². The summed E-state index contributed by atoms with van der Waals surface area (Å²) in [6.07, 6.45) is 12.6. The third kappa shape index (κ3) is 5.74. The van der Waals surface area contributed by atoms with Gasteiger partial charge in [0.25, 0.3) is 0 Å². The minimum absolute atomic E-state index is 0.870. The third-order valence-corrected chi connectivity index (χ3v) is 4.80. The van der Waals surface area contributed by atoms with E-state index in [2.05, 4.69) is 71.5 Å². The smallest absolute Gasteiger partial charge is 0.0795 e. The summed E-state index contributed by atoms with van der Waals surface area (Å²) in [6, 6.07) is 30.3. The van der Waals surface area contributed by atoms with Crippen LogP contribution in [0.3, 0.4) is 0 Å². The summed E-state index contributed by atoms with van der Waals surface area (Å²) in [7, 11) is 0. The molecule has 3 aromatic rings. The van der Waals surface area contributed by atoms with Gasteiger partial charge in [0, 0.05) is 16.9 Å². The zero-order valence-electron chi connectivity index (χ0n) is 17.7. The first-order valence-corrected chi connectivity index (χ1v) is 10.5. The Bertz CT molecular complexity index is 1340. The van der Waals surface area contributed by atoms with Crippen molar-refractivity contribution in [2.24, 2.45) is 0 Å². The fourth-order valence-electron chi connectivity index (χ4n) is 3.23. The molecule has 3 aromatic carbocycles. The molecule has 1 aliphatic rings. The first-order valence-electron chi connectivity index (χ1n) is 10.5. The normalized spacial score (nSPS) is 11.9. The maximum Gasteiger partial charge on any atom is 0.180 e. The van der Waals surface area contributed by atoms with E-state index in [-0.39, 0.29) is 0 Å². The molecular weight excluding hydrogens is 384 g/mol. The van der Waals surface area contributed by atoms with Crippen molar-refractivity contribution < 1.29 is 0 Å². The molecule has 0 saturated carbocycles. The van der Waals surface area contributed by atoms with Gasteiger partial charge in [-0.15, -0.1) is 0 Å². The Balaban J connectivity index is 1.91. The number of rotatable bonds is 3. The van der Waals surface area contributed by atoms with Crippen molar-refractivity contribution in [2.75, 3.05) is 0 Å². The van der Waals surface area contributed by atoms with Crippen molar-refractivity contribution in [3.63, 3.8) is 0 Å². The van der Waals surface area contributed by atoms with Gasteiger partial charge in [0.1, 0.15) is 11.5 Å². The van der Waals surface area contributed by atoms with Gasteiger partial charge in [-0.05, 0) is 48.6 Å². The van der Waals surface area contributed by atoms with Gasteiger partial charge in [-0.25, -0.2) is 0 Å². The van der Waals surface area contributed by atoms with Gasteiger partial charge in [0.2, 0.25) is 0 Å². The van der Waals surface area contributed by atoms with Crippen LogP contribution in [0.25, 0.3) is 11.1 Å². The zero-order valence-corrected chi connectivity index (χ0v) is 17.7. The highest BCUT2D eigenvalue weighted by molar-refractivity contribution is 6.04. The third-order valence-electron chi connectivity index (χ3n) is 4.80. The molecule has 4 rings (SSSR count). The molecule has 0 fully saturated rings. The monoisotopic (exact) mass is 405 g/mol. The van der Waals surface area contributed by atoms with E-state index >= 15 is 0 Å². The van der Waals surface area contributed by atoms with Crippen molar-refractivity contribution in [3.05, 3.63) is 161 Å². The van der Waals surface area contributed by atoms with E-state index in [0.717, 1.165) is 39.8 Å². The summed E-state index contributed by atoms with van der Waals surface area (Å²) in [6.45, 7) is 0. The van der Waals surface area contributed by atoms with Crippen LogP contribution in [-0.4, -0.2) is 0 Å². The second-order valence-corrected chi connectivity index (χ2v) is 7.09. The molecule has 0 heterocycles. The first-order chi connectivity index (χ1) is 15.9. The molecule has 32 heavy (non-hydrogen) atoms. The van der Waals surface area contributed by atoms with Crippen molar-refractivity contribution in [1.29, 1.82) is 0 Å². The fraction of sp³-hybridized carbons (Fsp3) is 0.0312. The number of hydrogen-bond acceptors (Lipinski definition) is 0. The van der Waals surface area contributed by atoms with E-state index in [1.165, 1.54) is 0 Å². The Morgan fingerprint density at radius 1 is 0.688 bits per heavy atom. The Morgan fingerprint density at radius 2 is 1.28 bits per heavy atom. The van der Waals surface area contributed by atoms with E-state index in [1.807, 2.05) is 78.9 Å². The lowest BCUT2D eigenvalue weighted by Gasteiger charge is -2.01. The van der Waals surface area contributed by atoms with Gasteiger partial charge in [-0.2, -0.15) is 0 Å². The Labute approximate surface area is 190 Å². The highest BCUT2D eigenvalue weighted by Gasteiger charge is 2.19. The molecule has 0 bridgehead atoms. The fourth-order valence-corrected chi connectivity index (χ4v) is 3.23. The van der Waals surface area contributed by atoms with Crippen LogP contribution in [0.4, 0.5) is 0 Å². The maximum absolute atomic E-state index is 3.33. The van der Waals surface area contributed by atoms with Gasteiger partial charge >= 0.3 is 0 Å². The van der Waals surface area contributed by atoms with E-state index in [0.29, 0.717) is 0 Å². The van der Waals surface area contributed by atoms with Gasteiger partial charge in [0.15, 0.2) is 5.57 Å². The molecule has 1 aliphatic carbocycles. The highest BCUT2D eigenvalue weighted by Crippen LogP contribution is 2.29. The first kappa shape index (κ1) is 20.7. The highest BCUT2D eigenvalue weighted by atomic mass is 14.1. The van der Waals surface area contributed by atoms with Crippen molar-refractivity contribution >= 4 is 11.1 Å². The summed E-state index contributed by atoms with van der Waals surface area (Å²) in [5, 5.41) is 0. The molecule has 0 aliphatic heterocycles. The van der Waals surface area contributed by atoms with Crippen molar-refractivity contribution in [2.45, 2.75) is 6.42 Å². The van der Waals surface area contributed by atoms with Gasteiger partial charge in [-0.3, -0.25) is 0 Å². The number of benzene rings is 3. The van der Waals surface area contributed by atoms with Crippen molar-refractivity contribution in [1.82, 2.24) is 0 Å². The van der Waals surface area contributed by atoms with Crippen LogP contribution in [0.2, 0.25) is 0 Å². The molecule has 0 radical (unpaired) electrons. The molecule has 0 spiro atoms. The number of hydrogen-bond donors (Lipinski definition) is 0. The summed E-state index contributed by atoms with van der Waals surface area (Å²) in [4.78, 5) is 0. The van der Waals surface area contributed by atoms with Crippen molar-refractivity contribution in [3.8, 4) is 11.8 Å². The lowest BCUT2D eigenvalue weighted by Crippen LogP contribution is -1.90. The molecule has 0 unspecified atom stereocenters. The lowest BCUT2D eigenvalue weighted by molar-refractivity contribution is 1.34. The minimum atomic E-state index is 0.870. The van der Waals surface area contributed by atoms with E-state index in [1.54, 1.807) is 0 Å². The molecule has 0 amide bonds. The lowest BCUT2D eigenvalue weighted by atomic mass is 9.92. The topological polar surface area (TPSA) is 0 Å².